The molecule has 3 aromatic rings. The lowest BCUT2D eigenvalue weighted by atomic mass is 10.0. The van der Waals surface area contributed by atoms with Gasteiger partial charge in [-0.3, -0.25) is 0 Å². The van der Waals surface area contributed by atoms with Crippen molar-refractivity contribution in [2.24, 2.45) is 5.73 Å². The lowest BCUT2D eigenvalue weighted by Crippen LogP contribution is -2.13. The van der Waals surface area contributed by atoms with E-state index in [1.807, 2.05) is 6.07 Å². The standard InChI is InChI=1S/C18H17NS/c19-18(13-20-15-9-2-1-3-10-15)17-12-6-8-14-7-4-5-11-16(14)17/h1-12,18H,13,19H2. The van der Waals surface area contributed by atoms with Crippen LogP contribution in [-0.4, -0.2) is 5.75 Å². The number of thioether (sulfide) groups is 1. The van der Waals surface area contributed by atoms with Crippen molar-refractivity contribution in [3.05, 3.63) is 78.4 Å². The topological polar surface area (TPSA) is 26.0 Å². The van der Waals surface area contributed by atoms with Gasteiger partial charge in [0.2, 0.25) is 0 Å². The van der Waals surface area contributed by atoms with Crippen LogP contribution in [-0.2, 0) is 0 Å². The van der Waals surface area contributed by atoms with Crippen LogP contribution < -0.4 is 5.73 Å². The zero-order valence-corrected chi connectivity index (χ0v) is 12.0. The maximum absolute atomic E-state index is 6.39. The second-order valence-electron chi connectivity index (χ2n) is 4.80. The smallest absolute Gasteiger partial charge is 0.0396 e. The molecule has 0 saturated heterocycles. The van der Waals surface area contributed by atoms with Gasteiger partial charge in [-0.25, -0.2) is 0 Å². The van der Waals surface area contributed by atoms with E-state index in [1.54, 1.807) is 11.8 Å². The van der Waals surface area contributed by atoms with Crippen molar-refractivity contribution in [2.75, 3.05) is 5.75 Å². The first-order valence-electron chi connectivity index (χ1n) is 6.76. The fourth-order valence-electron chi connectivity index (χ4n) is 2.37. The Kier molecular flexibility index (Phi) is 4.05. The molecule has 1 atom stereocenters. The van der Waals surface area contributed by atoms with E-state index >= 15 is 0 Å². The number of nitrogens with two attached hydrogens (primary N) is 1. The molecule has 1 unspecified atom stereocenters. The maximum Gasteiger partial charge on any atom is 0.0396 e. The van der Waals surface area contributed by atoms with E-state index in [1.165, 1.54) is 21.2 Å². The molecule has 0 aliphatic rings. The van der Waals surface area contributed by atoms with Crippen molar-refractivity contribution in [3.8, 4) is 0 Å². The third kappa shape index (κ3) is 2.87. The molecule has 0 amide bonds. The quantitative estimate of drug-likeness (QED) is 0.704. The highest BCUT2D eigenvalue weighted by atomic mass is 32.2. The summed E-state index contributed by atoms with van der Waals surface area (Å²) in [7, 11) is 0. The Morgan fingerprint density at radius 1 is 0.800 bits per heavy atom. The van der Waals surface area contributed by atoms with Crippen LogP contribution in [0.1, 0.15) is 11.6 Å². The zero-order chi connectivity index (χ0) is 13.8. The second kappa shape index (κ2) is 6.12. The highest BCUT2D eigenvalue weighted by molar-refractivity contribution is 7.99. The molecule has 0 radical (unpaired) electrons. The highest BCUT2D eigenvalue weighted by Crippen LogP contribution is 2.27. The maximum atomic E-state index is 6.39. The average Bonchev–Trinajstić information content (AvgIpc) is 2.53. The van der Waals surface area contributed by atoms with Gasteiger partial charge in [0.25, 0.3) is 0 Å². The van der Waals surface area contributed by atoms with Gasteiger partial charge in [0.15, 0.2) is 0 Å². The predicted octanol–water partition coefficient (Wildman–Crippen LogP) is 4.63. The molecule has 0 heterocycles. The van der Waals surface area contributed by atoms with Crippen LogP contribution in [0.4, 0.5) is 0 Å². The summed E-state index contributed by atoms with van der Waals surface area (Å²) in [5.74, 6) is 0.887. The van der Waals surface area contributed by atoms with E-state index in [0.29, 0.717) is 0 Å². The number of fused-ring (bicyclic) bond motifs is 1. The summed E-state index contributed by atoms with van der Waals surface area (Å²) in [5.41, 5.74) is 7.62. The van der Waals surface area contributed by atoms with Gasteiger partial charge < -0.3 is 5.73 Å². The van der Waals surface area contributed by atoms with Crippen LogP contribution in [0, 0.1) is 0 Å². The molecular weight excluding hydrogens is 262 g/mol. The van der Waals surface area contributed by atoms with Crippen molar-refractivity contribution in [3.63, 3.8) is 0 Å². The Bertz CT molecular complexity index is 689. The van der Waals surface area contributed by atoms with Gasteiger partial charge in [-0.05, 0) is 28.5 Å². The fourth-order valence-corrected chi connectivity index (χ4v) is 3.27. The SMILES string of the molecule is NC(CSc1ccccc1)c1cccc2ccccc12. The molecule has 0 aliphatic carbocycles. The van der Waals surface area contributed by atoms with E-state index in [4.69, 9.17) is 5.73 Å². The minimum absolute atomic E-state index is 0.0475. The molecule has 3 rings (SSSR count). The average molecular weight is 279 g/mol. The highest BCUT2D eigenvalue weighted by Gasteiger charge is 2.09. The lowest BCUT2D eigenvalue weighted by molar-refractivity contribution is 0.840. The fraction of sp³-hybridized carbons (Fsp3) is 0.111. The molecule has 20 heavy (non-hydrogen) atoms. The molecule has 3 aromatic carbocycles. The summed E-state index contributed by atoms with van der Waals surface area (Å²) >= 11 is 1.81. The number of benzene rings is 3. The third-order valence-corrected chi connectivity index (χ3v) is 4.53. The van der Waals surface area contributed by atoms with Gasteiger partial charge in [-0.2, -0.15) is 0 Å². The second-order valence-corrected chi connectivity index (χ2v) is 5.89. The van der Waals surface area contributed by atoms with Gasteiger partial charge in [0.1, 0.15) is 0 Å². The molecule has 0 aromatic heterocycles. The molecule has 0 bridgehead atoms. The summed E-state index contributed by atoms with van der Waals surface area (Å²) in [6, 6.07) is 25.2. The normalized spacial score (nSPS) is 12.4. The molecule has 2 heteroatoms. The van der Waals surface area contributed by atoms with Crippen LogP contribution in [0.3, 0.4) is 0 Å². The first-order chi connectivity index (χ1) is 9.84. The van der Waals surface area contributed by atoms with Gasteiger partial charge in [-0.1, -0.05) is 60.7 Å². The van der Waals surface area contributed by atoms with E-state index in [-0.39, 0.29) is 6.04 Å². The lowest BCUT2D eigenvalue weighted by Gasteiger charge is -2.14. The Morgan fingerprint density at radius 3 is 2.35 bits per heavy atom. The van der Waals surface area contributed by atoms with Crippen molar-refractivity contribution < 1.29 is 0 Å². The van der Waals surface area contributed by atoms with E-state index < -0.39 is 0 Å². The minimum atomic E-state index is 0.0475. The molecule has 2 N–H and O–H groups in total. The molecule has 0 aliphatic heterocycles. The largest absolute Gasteiger partial charge is 0.323 e. The molecular formula is C18H17NS. The molecule has 1 nitrogen and oxygen atoms in total. The van der Waals surface area contributed by atoms with Crippen molar-refractivity contribution in [1.29, 1.82) is 0 Å². The van der Waals surface area contributed by atoms with Gasteiger partial charge in [-0.15, -0.1) is 11.8 Å². The van der Waals surface area contributed by atoms with Crippen LogP contribution in [0.5, 0.6) is 0 Å². The van der Waals surface area contributed by atoms with E-state index in [0.717, 1.165) is 5.75 Å². The monoisotopic (exact) mass is 279 g/mol. The van der Waals surface area contributed by atoms with E-state index in [2.05, 4.69) is 66.7 Å². The van der Waals surface area contributed by atoms with Crippen LogP contribution >= 0.6 is 11.8 Å². The predicted molar refractivity (Wildman–Crippen MR) is 88.0 cm³/mol. The first-order valence-corrected chi connectivity index (χ1v) is 7.74. The Balaban J connectivity index is 1.80. The Morgan fingerprint density at radius 2 is 1.50 bits per heavy atom. The van der Waals surface area contributed by atoms with Crippen molar-refractivity contribution >= 4 is 22.5 Å². The summed E-state index contributed by atoms with van der Waals surface area (Å²) in [4.78, 5) is 1.27. The Hall–Kier alpha value is -1.77. The molecule has 0 spiro atoms. The van der Waals surface area contributed by atoms with Crippen molar-refractivity contribution in [2.45, 2.75) is 10.9 Å². The molecule has 0 saturated carbocycles. The summed E-state index contributed by atoms with van der Waals surface area (Å²) in [5, 5.41) is 2.52. The summed E-state index contributed by atoms with van der Waals surface area (Å²) in [6.45, 7) is 0. The Labute approximate surface area is 123 Å². The van der Waals surface area contributed by atoms with Gasteiger partial charge in [0, 0.05) is 16.7 Å². The summed E-state index contributed by atoms with van der Waals surface area (Å²) in [6.07, 6.45) is 0. The van der Waals surface area contributed by atoms with Crippen LogP contribution in [0.15, 0.2) is 77.7 Å². The third-order valence-electron chi connectivity index (χ3n) is 3.40. The van der Waals surface area contributed by atoms with Crippen LogP contribution in [0.2, 0.25) is 0 Å². The number of rotatable bonds is 4. The van der Waals surface area contributed by atoms with Crippen molar-refractivity contribution in [1.82, 2.24) is 0 Å². The van der Waals surface area contributed by atoms with Crippen LogP contribution in [0.25, 0.3) is 10.8 Å². The first kappa shape index (κ1) is 13.2. The molecule has 0 fully saturated rings. The zero-order valence-electron chi connectivity index (χ0n) is 11.2. The van der Waals surface area contributed by atoms with Gasteiger partial charge >= 0.3 is 0 Å². The summed E-state index contributed by atoms with van der Waals surface area (Å²) < 4.78 is 0. The molecule has 100 valence electrons. The number of hydrogen-bond donors (Lipinski definition) is 1. The van der Waals surface area contributed by atoms with E-state index in [9.17, 15) is 0 Å². The van der Waals surface area contributed by atoms with Gasteiger partial charge in [0.05, 0.1) is 0 Å². The number of hydrogen-bond acceptors (Lipinski definition) is 2. The minimum Gasteiger partial charge on any atom is -0.323 e.